The molecule has 0 amide bonds. The molecule has 1 heterocycles. The zero-order chi connectivity index (χ0) is 18.0. The van der Waals surface area contributed by atoms with Crippen molar-refractivity contribution in [2.75, 3.05) is 5.75 Å². The molecule has 0 N–H and O–H groups in total. The van der Waals surface area contributed by atoms with Crippen LogP contribution in [0.3, 0.4) is 0 Å². The van der Waals surface area contributed by atoms with E-state index >= 15 is 0 Å². The summed E-state index contributed by atoms with van der Waals surface area (Å²) in [6.07, 6.45) is 1.92. The summed E-state index contributed by atoms with van der Waals surface area (Å²) in [5.74, 6) is 0.656. The van der Waals surface area contributed by atoms with Crippen LogP contribution in [0.4, 0.5) is 0 Å². The van der Waals surface area contributed by atoms with Gasteiger partial charge in [-0.05, 0) is 66.3 Å². The lowest BCUT2D eigenvalue weighted by Gasteiger charge is -2.14. The predicted octanol–water partition coefficient (Wildman–Crippen LogP) is 5.53. The van der Waals surface area contributed by atoms with Crippen LogP contribution in [0.1, 0.15) is 12.5 Å². The second-order valence-corrected chi connectivity index (χ2v) is 8.41. The summed E-state index contributed by atoms with van der Waals surface area (Å²) in [7, 11) is 0. The largest absolute Gasteiger partial charge is 0.268 e. The summed E-state index contributed by atoms with van der Waals surface area (Å²) in [6.45, 7) is 3.84. The van der Waals surface area contributed by atoms with Crippen LogP contribution in [0.5, 0.6) is 0 Å². The van der Waals surface area contributed by atoms with Crippen molar-refractivity contribution in [2.24, 2.45) is 0 Å². The van der Waals surface area contributed by atoms with E-state index in [1.165, 1.54) is 11.8 Å². The highest BCUT2D eigenvalue weighted by Crippen LogP contribution is 2.24. The molecule has 3 nitrogen and oxygen atoms in total. The molecule has 0 aliphatic rings. The maximum atomic E-state index is 13.2. The molecule has 3 rings (SSSR count). The van der Waals surface area contributed by atoms with Crippen molar-refractivity contribution in [3.05, 3.63) is 73.1 Å². The molecule has 25 heavy (non-hydrogen) atoms. The average Bonchev–Trinajstić information content (AvgIpc) is 2.57. The third kappa shape index (κ3) is 4.10. The summed E-state index contributed by atoms with van der Waals surface area (Å²) in [4.78, 5) is 18.0. The monoisotopic (exact) mass is 482 g/mol. The van der Waals surface area contributed by atoms with Gasteiger partial charge in [0.05, 0.1) is 16.6 Å². The minimum atomic E-state index is -0.0492. The van der Waals surface area contributed by atoms with Crippen molar-refractivity contribution in [2.45, 2.75) is 19.0 Å². The highest BCUT2D eigenvalue weighted by molar-refractivity contribution is 14.1. The van der Waals surface area contributed by atoms with Crippen molar-refractivity contribution in [3.63, 3.8) is 0 Å². The molecule has 1 aromatic heterocycles. The number of thioether (sulfide) groups is 1. The number of aromatic nitrogens is 2. The molecule has 0 aliphatic carbocycles. The number of allylic oxidation sites excluding steroid dienone is 1. The van der Waals surface area contributed by atoms with E-state index in [0.29, 0.717) is 21.8 Å². The van der Waals surface area contributed by atoms with Crippen molar-refractivity contribution in [3.8, 4) is 5.69 Å². The molecule has 0 unspecified atom stereocenters. The molecule has 3 aromatic rings. The second-order valence-electron chi connectivity index (χ2n) is 5.58. The van der Waals surface area contributed by atoms with Gasteiger partial charge in [-0.15, -0.1) is 0 Å². The Labute approximate surface area is 169 Å². The highest BCUT2D eigenvalue weighted by atomic mass is 127. The van der Waals surface area contributed by atoms with Gasteiger partial charge >= 0.3 is 0 Å². The molecule has 0 saturated carbocycles. The summed E-state index contributed by atoms with van der Waals surface area (Å²) >= 11 is 9.64. The van der Waals surface area contributed by atoms with E-state index in [4.69, 9.17) is 16.6 Å². The Kier molecular flexibility index (Phi) is 5.86. The van der Waals surface area contributed by atoms with Gasteiger partial charge in [-0.3, -0.25) is 9.36 Å². The van der Waals surface area contributed by atoms with E-state index in [2.05, 4.69) is 22.6 Å². The fourth-order valence-corrected chi connectivity index (χ4v) is 4.11. The van der Waals surface area contributed by atoms with Gasteiger partial charge in [0.25, 0.3) is 5.56 Å². The molecular formula is C19H16ClIN2OS. The average molecular weight is 483 g/mol. The van der Waals surface area contributed by atoms with Crippen molar-refractivity contribution in [1.82, 2.24) is 9.55 Å². The van der Waals surface area contributed by atoms with E-state index < -0.39 is 0 Å². The Hall–Kier alpha value is -1.31. The van der Waals surface area contributed by atoms with Crippen LogP contribution in [0.15, 0.2) is 63.5 Å². The molecule has 0 radical (unpaired) electrons. The molecule has 2 aromatic carbocycles. The van der Waals surface area contributed by atoms with Crippen LogP contribution in [0.25, 0.3) is 16.6 Å². The first kappa shape index (κ1) is 18.5. The number of halogens is 2. The first-order valence-corrected chi connectivity index (χ1v) is 10.1. The fourth-order valence-electron chi connectivity index (χ4n) is 2.49. The van der Waals surface area contributed by atoms with E-state index in [0.717, 1.165) is 19.9 Å². The Morgan fingerprint density at radius 3 is 2.80 bits per heavy atom. The number of rotatable bonds is 4. The van der Waals surface area contributed by atoms with Gasteiger partial charge in [0.2, 0.25) is 0 Å². The number of nitrogens with zero attached hydrogens (tertiary/aromatic N) is 2. The normalized spacial score (nSPS) is 11.9. The summed E-state index contributed by atoms with van der Waals surface area (Å²) in [5.41, 5.74) is 2.55. The zero-order valence-corrected chi connectivity index (χ0v) is 17.5. The van der Waals surface area contributed by atoms with Gasteiger partial charge in [-0.25, -0.2) is 4.98 Å². The Morgan fingerprint density at radius 1 is 1.32 bits per heavy atom. The first-order valence-electron chi connectivity index (χ1n) is 7.71. The third-order valence-corrected chi connectivity index (χ3v) is 5.42. The van der Waals surface area contributed by atoms with E-state index in [1.54, 1.807) is 4.57 Å². The fraction of sp³-hybridized carbons (Fsp3) is 0.158. The lowest BCUT2D eigenvalue weighted by Crippen LogP contribution is -2.22. The quantitative estimate of drug-likeness (QED) is 0.278. The molecule has 0 spiro atoms. The van der Waals surface area contributed by atoms with Gasteiger partial charge in [0, 0.05) is 14.4 Å². The van der Waals surface area contributed by atoms with Gasteiger partial charge in [0.15, 0.2) is 5.16 Å². The lowest BCUT2D eigenvalue weighted by atomic mass is 10.2. The SMILES string of the molecule is CC(Cl)=CCSc1nc2ccc(I)cc2c(=O)n1-c1ccccc1C. The number of para-hydroxylation sites is 1. The third-order valence-electron chi connectivity index (χ3n) is 3.73. The lowest BCUT2D eigenvalue weighted by molar-refractivity contribution is 0.815. The number of benzene rings is 2. The maximum Gasteiger partial charge on any atom is 0.266 e. The zero-order valence-electron chi connectivity index (χ0n) is 13.8. The van der Waals surface area contributed by atoms with Crippen LogP contribution < -0.4 is 5.56 Å². The predicted molar refractivity (Wildman–Crippen MR) is 115 cm³/mol. The summed E-state index contributed by atoms with van der Waals surface area (Å²) < 4.78 is 2.72. The maximum absolute atomic E-state index is 13.2. The van der Waals surface area contributed by atoms with Crippen LogP contribution in [0.2, 0.25) is 0 Å². The first-order chi connectivity index (χ1) is 12.0. The smallest absolute Gasteiger partial charge is 0.266 e. The van der Waals surface area contributed by atoms with Crippen LogP contribution >= 0.6 is 46.0 Å². The number of aryl methyl sites for hydroxylation is 1. The molecule has 6 heteroatoms. The molecule has 0 bridgehead atoms. The van der Waals surface area contributed by atoms with Crippen LogP contribution in [-0.4, -0.2) is 15.3 Å². The Balaban J connectivity index is 2.26. The van der Waals surface area contributed by atoms with E-state index in [1.807, 2.05) is 62.4 Å². The highest BCUT2D eigenvalue weighted by Gasteiger charge is 2.14. The minimum absolute atomic E-state index is 0.0492. The second kappa shape index (κ2) is 7.93. The van der Waals surface area contributed by atoms with Crippen molar-refractivity contribution < 1.29 is 0 Å². The van der Waals surface area contributed by atoms with Crippen LogP contribution in [0, 0.1) is 10.5 Å². The Morgan fingerprint density at radius 2 is 2.08 bits per heavy atom. The summed E-state index contributed by atoms with van der Waals surface area (Å²) in [6, 6.07) is 13.6. The van der Waals surface area contributed by atoms with E-state index in [9.17, 15) is 4.79 Å². The molecule has 0 fully saturated rings. The number of fused-ring (bicyclic) bond motifs is 1. The van der Waals surface area contributed by atoms with Crippen LogP contribution in [-0.2, 0) is 0 Å². The Bertz CT molecular complexity index is 1030. The molecule has 0 atom stereocenters. The van der Waals surface area contributed by atoms with Gasteiger partial charge in [-0.2, -0.15) is 0 Å². The topological polar surface area (TPSA) is 34.9 Å². The van der Waals surface area contributed by atoms with Crippen molar-refractivity contribution in [1.29, 1.82) is 0 Å². The summed E-state index contributed by atoms with van der Waals surface area (Å²) in [5, 5.41) is 2.03. The van der Waals surface area contributed by atoms with Gasteiger partial charge < -0.3 is 0 Å². The number of hydrogen-bond acceptors (Lipinski definition) is 3. The van der Waals surface area contributed by atoms with Crippen molar-refractivity contribution >= 4 is 56.9 Å². The minimum Gasteiger partial charge on any atom is -0.268 e. The molecular weight excluding hydrogens is 467 g/mol. The molecule has 0 saturated heterocycles. The number of hydrogen-bond donors (Lipinski definition) is 0. The van der Waals surface area contributed by atoms with E-state index in [-0.39, 0.29) is 5.56 Å². The van der Waals surface area contributed by atoms with Gasteiger partial charge in [0.1, 0.15) is 0 Å². The molecule has 128 valence electrons. The van der Waals surface area contributed by atoms with Gasteiger partial charge in [-0.1, -0.05) is 47.6 Å². The molecule has 0 aliphatic heterocycles. The standard InChI is InChI=1S/C19H16ClIN2OS/c1-12-5-3-4-6-17(12)23-18(24)15-11-14(21)7-8-16(15)22-19(23)25-10-9-13(2)20/h3-9,11H,10H2,1-2H3.